The van der Waals surface area contributed by atoms with Crippen LogP contribution in [0.4, 0.5) is 5.69 Å². The number of benzene rings is 1. The summed E-state index contributed by atoms with van der Waals surface area (Å²) in [7, 11) is -0.512. The lowest BCUT2D eigenvalue weighted by Crippen LogP contribution is -2.13. The van der Waals surface area contributed by atoms with Crippen molar-refractivity contribution in [1.82, 2.24) is 9.22 Å². The van der Waals surface area contributed by atoms with E-state index in [2.05, 4.69) is 22.3 Å². The third-order valence-electron chi connectivity index (χ3n) is 2.05. The summed E-state index contributed by atoms with van der Waals surface area (Å²) in [6.07, 6.45) is 1.90. The lowest BCUT2D eigenvalue weighted by atomic mass is 10.3. The van der Waals surface area contributed by atoms with Gasteiger partial charge < -0.3 is 9.97 Å². The van der Waals surface area contributed by atoms with Crippen molar-refractivity contribution in [2.45, 2.75) is 13.1 Å². The Kier molecular flexibility index (Phi) is 1.84. The number of nitrogens with zero attached hydrogens (tertiary/aromatic N) is 2. The highest BCUT2D eigenvalue weighted by Crippen LogP contribution is 2.16. The molecule has 0 atom stereocenters. The third-order valence-corrected chi connectivity index (χ3v) is 3.37. The monoisotopic (exact) mass is 190 g/mol. The molecule has 0 fully saturated rings. The molecule has 13 heavy (non-hydrogen) atoms. The van der Waals surface area contributed by atoms with Crippen LogP contribution in [-0.4, -0.2) is 18.2 Å². The van der Waals surface area contributed by atoms with Gasteiger partial charge in [-0.3, -0.25) is 0 Å². The number of fused-ring (bicyclic) bond motifs is 1. The normalized spacial score (nSPS) is 11.3. The van der Waals surface area contributed by atoms with E-state index in [-0.39, 0.29) is 0 Å². The Morgan fingerprint density at radius 3 is 2.85 bits per heavy atom. The molecule has 0 aliphatic rings. The molecule has 2 N–H and O–H groups in total. The largest absolute Gasteiger partial charge is 0.399 e. The van der Waals surface area contributed by atoms with Crippen molar-refractivity contribution in [3.05, 3.63) is 24.5 Å². The highest BCUT2D eigenvalue weighted by molar-refractivity contribution is 6.55. The molecular weight excluding hydrogens is 178 g/mol. The molecule has 1 heterocycles. The fraction of sp³-hybridized carbons (Fsp3) is 0.222. The van der Waals surface area contributed by atoms with E-state index in [1.54, 1.807) is 0 Å². The molecule has 2 aromatic rings. The van der Waals surface area contributed by atoms with Crippen LogP contribution in [0.1, 0.15) is 0 Å². The minimum Gasteiger partial charge on any atom is -0.399 e. The molecule has 0 spiro atoms. The Balaban J connectivity index is 2.71. The minimum atomic E-state index is -0.512. The van der Waals surface area contributed by atoms with Crippen molar-refractivity contribution in [1.29, 1.82) is 0 Å². The van der Waals surface area contributed by atoms with E-state index in [9.17, 15) is 0 Å². The highest BCUT2D eigenvalue weighted by atomic mass is 28.3. The van der Waals surface area contributed by atoms with Crippen LogP contribution in [-0.2, 0) is 0 Å². The minimum absolute atomic E-state index is 0.512. The summed E-state index contributed by atoms with van der Waals surface area (Å²) in [4.78, 5) is 4.31. The zero-order valence-corrected chi connectivity index (χ0v) is 8.78. The first kappa shape index (κ1) is 8.31. The molecule has 0 unspecified atom stereocenters. The van der Waals surface area contributed by atoms with Crippen molar-refractivity contribution < 1.29 is 0 Å². The summed E-state index contributed by atoms with van der Waals surface area (Å²) in [6, 6.07) is 5.84. The van der Waals surface area contributed by atoms with E-state index in [0.29, 0.717) is 0 Å². The van der Waals surface area contributed by atoms with Gasteiger partial charge in [0.25, 0.3) is 0 Å². The predicted octanol–water partition coefficient (Wildman–Crippen LogP) is 1.72. The van der Waals surface area contributed by atoms with Gasteiger partial charge in [-0.2, -0.15) is 0 Å². The number of anilines is 1. The molecule has 0 saturated heterocycles. The Bertz CT molecular complexity index is 433. The van der Waals surface area contributed by atoms with Gasteiger partial charge in [-0.1, -0.05) is 13.1 Å². The molecule has 3 nitrogen and oxygen atoms in total. The van der Waals surface area contributed by atoms with Crippen molar-refractivity contribution in [3.63, 3.8) is 0 Å². The van der Waals surface area contributed by atoms with Gasteiger partial charge in [0.15, 0.2) is 8.96 Å². The van der Waals surface area contributed by atoms with Crippen LogP contribution in [0.3, 0.4) is 0 Å². The first-order valence-corrected chi connectivity index (χ1v) is 6.66. The first-order valence-electron chi connectivity index (χ1n) is 4.21. The molecule has 0 saturated carbocycles. The van der Waals surface area contributed by atoms with E-state index in [1.807, 2.05) is 24.5 Å². The molecule has 1 aromatic carbocycles. The van der Waals surface area contributed by atoms with E-state index in [0.717, 1.165) is 16.7 Å². The molecule has 0 aliphatic heterocycles. The maximum atomic E-state index is 5.72. The second-order valence-electron chi connectivity index (χ2n) is 3.31. The number of rotatable bonds is 1. The number of imidazole rings is 1. The Morgan fingerprint density at radius 2 is 2.15 bits per heavy atom. The zero-order valence-electron chi connectivity index (χ0n) is 7.78. The van der Waals surface area contributed by atoms with Crippen molar-refractivity contribution in [3.8, 4) is 0 Å². The molecule has 1 aromatic heterocycles. The van der Waals surface area contributed by atoms with E-state index < -0.39 is 8.96 Å². The molecule has 0 aliphatic carbocycles. The average Bonchev–Trinajstić information content (AvgIpc) is 2.46. The second kappa shape index (κ2) is 2.88. The lowest BCUT2D eigenvalue weighted by molar-refractivity contribution is 1.20. The van der Waals surface area contributed by atoms with Crippen LogP contribution in [0.2, 0.25) is 13.1 Å². The summed E-state index contributed by atoms with van der Waals surface area (Å²) in [5.41, 5.74) is 8.71. The Hall–Kier alpha value is -1.29. The van der Waals surface area contributed by atoms with Gasteiger partial charge in [0.2, 0.25) is 0 Å². The smallest absolute Gasteiger partial charge is 0.170 e. The molecule has 2 rings (SSSR count). The Labute approximate surface area is 78.9 Å². The van der Waals surface area contributed by atoms with Crippen molar-refractivity contribution in [2.75, 3.05) is 5.73 Å². The topological polar surface area (TPSA) is 43.8 Å². The first-order chi connectivity index (χ1) is 6.18. The van der Waals surface area contributed by atoms with Crippen LogP contribution in [0.25, 0.3) is 11.0 Å². The molecule has 0 amide bonds. The van der Waals surface area contributed by atoms with Crippen LogP contribution >= 0.6 is 0 Å². The summed E-state index contributed by atoms with van der Waals surface area (Å²) in [6.45, 7) is 4.46. The second-order valence-corrected chi connectivity index (χ2v) is 5.69. The number of hydrogen-bond donors (Lipinski definition) is 1. The maximum Gasteiger partial charge on any atom is 0.170 e. The summed E-state index contributed by atoms with van der Waals surface area (Å²) in [5, 5.41) is 0. The van der Waals surface area contributed by atoms with Crippen LogP contribution < -0.4 is 5.73 Å². The summed E-state index contributed by atoms with van der Waals surface area (Å²) < 4.78 is 2.22. The predicted molar refractivity (Wildman–Crippen MR) is 57.0 cm³/mol. The fourth-order valence-electron chi connectivity index (χ4n) is 1.38. The van der Waals surface area contributed by atoms with Gasteiger partial charge in [0.1, 0.15) is 0 Å². The van der Waals surface area contributed by atoms with E-state index in [1.165, 1.54) is 0 Å². The molecule has 67 valence electrons. The molecular formula is C9H12N3Si. The summed E-state index contributed by atoms with van der Waals surface area (Å²) >= 11 is 0. The van der Waals surface area contributed by atoms with E-state index >= 15 is 0 Å². The lowest BCUT2D eigenvalue weighted by Gasteiger charge is -2.05. The summed E-state index contributed by atoms with van der Waals surface area (Å²) in [5.74, 6) is 0. The SMILES string of the molecule is C[Si](C)n1cnc2ccc(N)cc21. The van der Waals surface area contributed by atoms with Gasteiger partial charge in [-0.05, 0) is 18.2 Å². The van der Waals surface area contributed by atoms with Gasteiger partial charge in [0, 0.05) is 5.69 Å². The fourth-order valence-corrected chi connectivity index (χ4v) is 2.33. The van der Waals surface area contributed by atoms with Crippen LogP contribution in [0, 0.1) is 0 Å². The van der Waals surface area contributed by atoms with Gasteiger partial charge in [-0.25, -0.2) is 4.98 Å². The molecule has 0 bridgehead atoms. The third kappa shape index (κ3) is 1.33. The average molecular weight is 190 g/mol. The van der Waals surface area contributed by atoms with Crippen molar-refractivity contribution >= 4 is 25.7 Å². The van der Waals surface area contributed by atoms with Crippen LogP contribution in [0.5, 0.6) is 0 Å². The number of nitrogen functional groups attached to an aromatic ring is 1. The zero-order chi connectivity index (χ0) is 9.42. The maximum absolute atomic E-state index is 5.72. The molecule has 4 heteroatoms. The van der Waals surface area contributed by atoms with Gasteiger partial charge in [0.05, 0.1) is 17.4 Å². The van der Waals surface area contributed by atoms with E-state index in [4.69, 9.17) is 5.73 Å². The standard InChI is InChI=1S/C9H12N3Si/c1-13(2)12-6-11-8-4-3-7(10)5-9(8)12/h3-6H,10H2,1-2H3. The highest BCUT2D eigenvalue weighted by Gasteiger charge is 2.06. The molecule has 1 radical (unpaired) electrons. The Morgan fingerprint density at radius 1 is 1.38 bits per heavy atom. The quantitative estimate of drug-likeness (QED) is 0.549. The number of aromatic nitrogens is 2. The van der Waals surface area contributed by atoms with Crippen molar-refractivity contribution in [2.24, 2.45) is 0 Å². The number of hydrogen-bond acceptors (Lipinski definition) is 2. The van der Waals surface area contributed by atoms with Gasteiger partial charge >= 0.3 is 0 Å². The van der Waals surface area contributed by atoms with Crippen LogP contribution in [0.15, 0.2) is 24.5 Å². The van der Waals surface area contributed by atoms with Gasteiger partial charge in [-0.15, -0.1) is 0 Å². The number of nitrogens with two attached hydrogens (primary N) is 1.